The highest BCUT2D eigenvalue weighted by molar-refractivity contribution is 7.18. The van der Waals surface area contributed by atoms with Crippen molar-refractivity contribution in [2.24, 2.45) is 0 Å². The zero-order valence-electron chi connectivity index (χ0n) is 18.6. The summed E-state index contributed by atoms with van der Waals surface area (Å²) in [5.74, 6) is 0.386. The van der Waals surface area contributed by atoms with Crippen molar-refractivity contribution in [3.8, 4) is 0 Å². The number of nitrogens with one attached hydrogen (secondary N) is 2. The highest BCUT2D eigenvalue weighted by atomic mass is 35.5. The maximum Gasteiger partial charge on any atom is 0.265 e. The van der Waals surface area contributed by atoms with E-state index < -0.39 is 0 Å². The van der Waals surface area contributed by atoms with E-state index in [9.17, 15) is 9.59 Å². The molecule has 6 nitrogen and oxygen atoms in total. The quantitative estimate of drug-likeness (QED) is 0.356. The number of carbonyl (C=O) groups excluding carboxylic acids is 2. The highest BCUT2D eigenvalue weighted by Gasteiger charge is 2.30. The molecule has 1 aromatic heterocycles. The summed E-state index contributed by atoms with van der Waals surface area (Å²) in [7, 11) is 0. The molecule has 5 rings (SSSR count). The predicted octanol–water partition coefficient (Wildman–Crippen LogP) is 5.43. The fraction of sp³-hybridized carbons (Fsp3) is 0.269. The van der Waals surface area contributed by atoms with Gasteiger partial charge >= 0.3 is 0 Å². The molecule has 3 heterocycles. The minimum absolute atomic E-state index is 0.0412. The van der Waals surface area contributed by atoms with Gasteiger partial charge in [-0.05, 0) is 48.2 Å². The van der Waals surface area contributed by atoms with Gasteiger partial charge in [0.05, 0.1) is 9.21 Å². The van der Waals surface area contributed by atoms with Gasteiger partial charge in [-0.25, -0.2) is 0 Å². The first kappa shape index (κ1) is 22.6. The van der Waals surface area contributed by atoms with Gasteiger partial charge in [0.2, 0.25) is 0 Å². The number of fused-ring (bicyclic) bond motifs is 1. The molecule has 0 spiro atoms. The number of halogens is 1. The maximum absolute atomic E-state index is 13.1. The van der Waals surface area contributed by atoms with Crippen LogP contribution in [0.2, 0.25) is 4.34 Å². The summed E-state index contributed by atoms with van der Waals surface area (Å²) in [6, 6.07) is 17.0. The molecule has 0 bridgehead atoms. The van der Waals surface area contributed by atoms with Crippen LogP contribution in [0.25, 0.3) is 0 Å². The van der Waals surface area contributed by atoms with Crippen LogP contribution in [0.1, 0.15) is 49.6 Å². The molecule has 34 heavy (non-hydrogen) atoms. The molecule has 3 aromatic rings. The largest absolute Gasteiger partial charge is 0.360 e. The lowest BCUT2D eigenvalue weighted by molar-refractivity contribution is 0.0766. The number of carbonyl (C=O) groups is 2. The van der Waals surface area contributed by atoms with Gasteiger partial charge in [-0.1, -0.05) is 41.9 Å². The van der Waals surface area contributed by atoms with Crippen LogP contribution >= 0.6 is 22.9 Å². The van der Waals surface area contributed by atoms with Crippen molar-refractivity contribution in [3.63, 3.8) is 0 Å². The molecule has 0 aliphatic carbocycles. The number of thiophene rings is 1. The van der Waals surface area contributed by atoms with E-state index in [2.05, 4.69) is 16.3 Å². The number of hydrogen-bond acceptors (Lipinski definition) is 4. The predicted molar refractivity (Wildman–Crippen MR) is 136 cm³/mol. The fourth-order valence-corrected chi connectivity index (χ4v) is 5.54. The van der Waals surface area contributed by atoms with E-state index in [0.29, 0.717) is 45.8 Å². The third kappa shape index (κ3) is 4.72. The number of likely N-dealkylation sites (tertiary alicyclic amines) is 1. The van der Waals surface area contributed by atoms with Crippen molar-refractivity contribution in [1.29, 1.82) is 5.41 Å². The van der Waals surface area contributed by atoms with Gasteiger partial charge in [0.15, 0.2) is 0 Å². The molecule has 2 amide bonds. The second-order valence-electron chi connectivity index (χ2n) is 8.69. The molecule has 1 saturated heterocycles. The van der Waals surface area contributed by atoms with Crippen molar-refractivity contribution in [2.45, 2.75) is 32.4 Å². The first-order valence-electron chi connectivity index (χ1n) is 11.4. The number of anilines is 1. The average Bonchev–Trinajstić information content (AvgIpc) is 3.57. The van der Waals surface area contributed by atoms with E-state index >= 15 is 0 Å². The van der Waals surface area contributed by atoms with Crippen LogP contribution in [0, 0.1) is 5.41 Å². The number of benzene rings is 2. The Hall–Kier alpha value is -3.16. The molecule has 0 radical (unpaired) electrons. The molecule has 2 aliphatic heterocycles. The molecule has 2 N–H and O–H groups in total. The summed E-state index contributed by atoms with van der Waals surface area (Å²) in [5, 5.41) is 11.3. The lowest BCUT2D eigenvalue weighted by Crippen LogP contribution is -2.28. The zero-order valence-corrected chi connectivity index (χ0v) is 20.2. The molecule has 0 saturated carbocycles. The zero-order chi connectivity index (χ0) is 23.7. The van der Waals surface area contributed by atoms with E-state index in [1.54, 1.807) is 23.1 Å². The highest BCUT2D eigenvalue weighted by Crippen LogP contribution is 2.31. The second-order valence-corrected chi connectivity index (χ2v) is 10.4. The van der Waals surface area contributed by atoms with Crippen LogP contribution in [0.3, 0.4) is 0 Å². The summed E-state index contributed by atoms with van der Waals surface area (Å²) < 4.78 is 0.558. The van der Waals surface area contributed by atoms with Gasteiger partial charge < -0.3 is 15.1 Å². The monoisotopic (exact) mass is 492 g/mol. The molecular weight excluding hydrogens is 468 g/mol. The van der Waals surface area contributed by atoms with Crippen LogP contribution in [0.5, 0.6) is 0 Å². The lowest BCUT2D eigenvalue weighted by Gasteiger charge is -2.19. The Kier molecular flexibility index (Phi) is 6.39. The van der Waals surface area contributed by atoms with E-state index in [4.69, 9.17) is 17.0 Å². The Morgan fingerprint density at radius 3 is 2.59 bits per heavy atom. The number of amidine groups is 1. The minimum Gasteiger partial charge on any atom is -0.360 e. The van der Waals surface area contributed by atoms with Crippen LogP contribution in [-0.2, 0) is 19.5 Å². The summed E-state index contributed by atoms with van der Waals surface area (Å²) in [4.78, 5) is 30.2. The van der Waals surface area contributed by atoms with Gasteiger partial charge in [-0.3, -0.25) is 15.0 Å². The number of nitrogens with zero attached hydrogens (tertiary/aromatic N) is 2. The molecule has 1 fully saturated rings. The molecule has 8 heteroatoms. The summed E-state index contributed by atoms with van der Waals surface area (Å²) in [6.07, 6.45) is 2.91. The first-order valence-corrected chi connectivity index (χ1v) is 12.6. The van der Waals surface area contributed by atoms with Crippen LogP contribution < -0.4 is 5.32 Å². The Balaban J connectivity index is 1.28. The van der Waals surface area contributed by atoms with Crippen LogP contribution in [0.15, 0.2) is 54.6 Å². The average molecular weight is 493 g/mol. The molecule has 2 aromatic carbocycles. The number of rotatable bonds is 6. The Morgan fingerprint density at radius 2 is 1.82 bits per heavy atom. The Labute approximate surface area is 207 Å². The van der Waals surface area contributed by atoms with Crippen molar-refractivity contribution in [3.05, 3.63) is 86.1 Å². The smallest absolute Gasteiger partial charge is 0.265 e. The summed E-state index contributed by atoms with van der Waals surface area (Å²) in [6.45, 7) is 2.85. The number of hydrogen-bond donors (Lipinski definition) is 2. The van der Waals surface area contributed by atoms with Crippen molar-refractivity contribution >= 4 is 46.3 Å². The van der Waals surface area contributed by atoms with Crippen molar-refractivity contribution < 1.29 is 9.59 Å². The van der Waals surface area contributed by atoms with Gasteiger partial charge in [0, 0.05) is 49.4 Å². The van der Waals surface area contributed by atoms with Gasteiger partial charge in [0.25, 0.3) is 11.8 Å². The third-order valence-corrected chi connectivity index (χ3v) is 7.54. The van der Waals surface area contributed by atoms with Crippen LogP contribution in [-0.4, -0.2) is 40.5 Å². The SMILES string of the molecule is N=C(Cc1cccc(CN2Cc3c(NC(=O)c4ccc(Cl)s4)cccc3C2=O)c1)N1CCCC1. The Bertz CT molecular complexity index is 1270. The fourth-order valence-electron chi connectivity index (χ4n) is 4.61. The van der Waals surface area contributed by atoms with Gasteiger partial charge in [-0.15, -0.1) is 11.3 Å². The van der Waals surface area contributed by atoms with E-state index in [1.807, 2.05) is 30.3 Å². The number of amides is 2. The van der Waals surface area contributed by atoms with E-state index in [0.717, 1.165) is 42.6 Å². The molecule has 2 aliphatic rings. The van der Waals surface area contributed by atoms with Crippen LogP contribution in [0.4, 0.5) is 5.69 Å². The van der Waals surface area contributed by atoms with E-state index in [-0.39, 0.29) is 11.8 Å². The maximum atomic E-state index is 13.1. The van der Waals surface area contributed by atoms with Crippen molar-refractivity contribution in [1.82, 2.24) is 9.80 Å². The van der Waals surface area contributed by atoms with Crippen molar-refractivity contribution in [2.75, 3.05) is 18.4 Å². The Morgan fingerprint density at radius 1 is 1.06 bits per heavy atom. The standard InChI is InChI=1S/C26H25ClN4O2S/c27-23-10-9-22(34-23)25(32)29-21-8-4-7-19-20(21)16-31(26(19)33)15-18-6-3-5-17(13-18)14-24(28)30-11-1-2-12-30/h3-10,13,28H,1-2,11-12,14-16H2,(H,29,32). The van der Waals surface area contributed by atoms with E-state index in [1.165, 1.54) is 11.3 Å². The normalized spacial score (nSPS) is 15.0. The molecule has 174 valence electrons. The first-order chi connectivity index (χ1) is 16.5. The molecular formula is C26H25ClN4O2S. The lowest BCUT2D eigenvalue weighted by atomic mass is 10.1. The molecule has 0 unspecified atom stereocenters. The second kappa shape index (κ2) is 9.60. The van der Waals surface area contributed by atoms with Gasteiger partial charge in [0.1, 0.15) is 5.84 Å². The topological polar surface area (TPSA) is 76.5 Å². The summed E-state index contributed by atoms with van der Waals surface area (Å²) >= 11 is 7.18. The third-order valence-electron chi connectivity index (χ3n) is 6.31. The molecule has 0 atom stereocenters. The van der Waals surface area contributed by atoms with Gasteiger partial charge in [-0.2, -0.15) is 0 Å². The minimum atomic E-state index is -0.232. The summed E-state index contributed by atoms with van der Waals surface area (Å²) in [5.41, 5.74) is 4.22.